The zero-order chi connectivity index (χ0) is 27.8. The maximum Gasteiger partial charge on any atom is 0.325 e. The fraction of sp³-hybridized carbons (Fsp3) is 0.240. The van der Waals surface area contributed by atoms with E-state index in [0.717, 1.165) is 12.1 Å². The summed E-state index contributed by atoms with van der Waals surface area (Å²) in [5.74, 6) is -3.03. The van der Waals surface area contributed by atoms with Crippen LogP contribution in [0.4, 0.5) is 10.1 Å². The molecule has 1 aromatic heterocycles. The molecule has 0 bridgehead atoms. The van der Waals surface area contributed by atoms with Crippen LogP contribution in [0, 0.1) is 5.82 Å². The molecule has 3 aromatic rings. The molecule has 1 heterocycles. The SMILES string of the molecule is CCOC(=O)CNC(=O)C(c1ccc(F)cc1)N(Cc1ccc(OC)cc1)C(=O)c1snc(C(N)=O)c1N. The highest BCUT2D eigenvalue weighted by atomic mass is 32.1. The molecule has 0 radical (unpaired) electrons. The third-order valence-corrected chi connectivity index (χ3v) is 6.24. The minimum absolute atomic E-state index is 0.110. The number of hydrogen-bond acceptors (Lipinski definition) is 9. The average molecular weight is 544 g/mol. The number of nitrogens with one attached hydrogen (secondary N) is 1. The van der Waals surface area contributed by atoms with Gasteiger partial charge in [-0.05, 0) is 53.8 Å². The molecule has 13 heteroatoms. The molecule has 1 unspecified atom stereocenters. The molecule has 2 aromatic carbocycles. The fourth-order valence-electron chi connectivity index (χ4n) is 3.55. The molecule has 11 nitrogen and oxygen atoms in total. The van der Waals surface area contributed by atoms with Gasteiger partial charge in [0.15, 0.2) is 5.69 Å². The molecule has 38 heavy (non-hydrogen) atoms. The standard InChI is InChI=1S/C25H26FN5O6S/c1-3-37-18(32)12-29-24(34)21(15-6-8-16(26)9-7-15)31(13-14-4-10-17(36-2)11-5-14)25(35)22-19(27)20(23(28)33)30-38-22/h4-11,21H,3,12-13,27H2,1-2H3,(H2,28,33)(H,29,34). The van der Waals surface area contributed by atoms with E-state index < -0.39 is 42.1 Å². The number of carbonyl (C=O) groups excluding carboxylic acids is 4. The third-order valence-electron chi connectivity index (χ3n) is 5.39. The first-order valence-electron chi connectivity index (χ1n) is 11.3. The number of primary amides is 1. The molecule has 0 aliphatic heterocycles. The number of ether oxygens (including phenoxy) is 2. The Morgan fingerprint density at radius 3 is 2.32 bits per heavy atom. The Bertz CT molecular complexity index is 1310. The molecule has 0 spiro atoms. The molecule has 3 amide bonds. The number of carbonyl (C=O) groups is 4. The van der Waals surface area contributed by atoms with Crippen LogP contribution in [0.25, 0.3) is 0 Å². The van der Waals surface area contributed by atoms with E-state index in [0.29, 0.717) is 22.8 Å². The minimum Gasteiger partial charge on any atom is -0.497 e. The summed E-state index contributed by atoms with van der Waals surface area (Å²) < 4.78 is 27.7. The summed E-state index contributed by atoms with van der Waals surface area (Å²) in [6, 6.07) is 10.4. The number of rotatable bonds is 11. The van der Waals surface area contributed by atoms with Crippen molar-refractivity contribution in [2.24, 2.45) is 5.73 Å². The van der Waals surface area contributed by atoms with Gasteiger partial charge in [-0.15, -0.1) is 0 Å². The van der Waals surface area contributed by atoms with Crippen molar-refractivity contribution in [3.05, 3.63) is 76.0 Å². The molecule has 1 atom stereocenters. The number of esters is 1. The van der Waals surface area contributed by atoms with Gasteiger partial charge < -0.3 is 31.2 Å². The maximum atomic E-state index is 13.8. The molecule has 0 saturated carbocycles. The summed E-state index contributed by atoms with van der Waals surface area (Å²) in [4.78, 5) is 52.0. The number of nitrogens with zero attached hydrogens (tertiary/aromatic N) is 2. The van der Waals surface area contributed by atoms with E-state index in [2.05, 4.69) is 9.69 Å². The lowest BCUT2D eigenvalue weighted by atomic mass is 10.0. The van der Waals surface area contributed by atoms with Crippen LogP contribution in [0.3, 0.4) is 0 Å². The first-order chi connectivity index (χ1) is 18.2. The monoisotopic (exact) mass is 543 g/mol. The van der Waals surface area contributed by atoms with Crippen molar-refractivity contribution >= 4 is 40.9 Å². The molecule has 0 aliphatic carbocycles. The predicted octanol–water partition coefficient (Wildman–Crippen LogP) is 2.03. The number of halogens is 1. The van der Waals surface area contributed by atoms with Crippen LogP contribution < -0.4 is 21.5 Å². The minimum atomic E-state index is -1.34. The predicted molar refractivity (Wildman–Crippen MR) is 137 cm³/mol. The number of nitrogens with two attached hydrogens (primary N) is 2. The Balaban J connectivity index is 2.09. The van der Waals surface area contributed by atoms with Gasteiger partial charge >= 0.3 is 5.97 Å². The van der Waals surface area contributed by atoms with Crippen LogP contribution in [-0.2, 0) is 20.9 Å². The van der Waals surface area contributed by atoms with Gasteiger partial charge in [0.2, 0.25) is 5.91 Å². The molecular weight excluding hydrogens is 517 g/mol. The Hall–Kier alpha value is -4.52. The number of amides is 3. The van der Waals surface area contributed by atoms with E-state index in [9.17, 15) is 23.6 Å². The first kappa shape index (κ1) is 28.1. The summed E-state index contributed by atoms with van der Waals surface area (Å²) in [6.07, 6.45) is 0. The van der Waals surface area contributed by atoms with Crippen LogP contribution in [0.1, 0.15) is 44.3 Å². The van der Waals surface area contributed by atoms with Gasteiger partial charge in [0.1, 0.15) is 29.0 Å². The lowest BCUT2D eigenvalue weighted by Crippen LogP contribution is -2.44. The number of aromatic nitrogens is 1. The van der Waals surface area contributed by atoms with Crippen molar-refractivity contribution in [1.82, 2.24) is 14.6 Å². The van der Waals surface area contributed by atoms with E-state index in [1.807, 2.05) is 0 Å². The lowest BCUT2D eigenvalue weighted by molar-refractivity contribution is -0.143. The topological polar surface area (TPSA) is 167 Å². The van der Waals surface area contributed by atoms with Gasteiger partial charge in [0.25, 0.3) is 11.8 Å². The second-order valence-electron chi connectivity index (χ2n) is 7.90. The number of nitrogen functional groups attached to an aromatic ring is 1. The first-order valence-corrected chi connectivity index (χ1v) is 12.1. The van der Waals surface area contributed by atoms with Crippen LogP contribution in [-0.4, -0.2) is 53.2 Å². The Morgan fingerprint density at radius 2 is 1.76 bits per heavy atom. The van der Waals surface area contributed by atoms with Gasteiger partial charge in [-0.2, -0.15) is 4.37 Å². The zero-order valence-corrected chi connectivity index (χ0v) is 21.4. The van der Waals surface area contributed by atoms with Crippen LogP contribution >= 0.6 is 11.5 Å². The van der Waals surface area contributed by atoms with Crippen molar-refractivity contribution in [3.63, 3.8) is 0 Å². The Morgan fingerprint density at radius 1 is 1.11 bits per heavy atom. The van der Waals surface area contributed by atoms with Crippen LogP contribution in [0.2, 0.25) is 0 Å². The van der Waals surface area contributed by atoms with Crippen molar-refractivity contribution in [1.29, 1.82) is 0 Å². The fourth-order valence-corrected chi connectivity index (χ4v) is 4.31. The summed E-state index contributed by atoms with van der Waals surface area (Å²) >= 11 is 0.656. The molecule has 5 N–H and O–H groups in total. The van der Waals surface area contributed by atoms with E-state index in [1.54, 1.807) is 31.2 Å². The highest BCUT2D eigenvalue weighted by Crippen LogP contribution is 2.30. The average Bonchev–Trinajstić information content (AvgIpc) is 3.29. The van der Waals surface area contributed by atoms with E-state index in [1.165, 1.54) is 24.1 Å². The van der Waals surface area contributed by atoms with Gasteiger partial charge in [-0.25, -0.2) is 4.39 Å². The Labute approximate surface area is 221 Å². The maximum absolute atomic E-state index is 13.8. The second kappa shape index (κ2) is 12.6. The zero-order valence-electron chi connectivity index (χ0n) is 20.6. The normalized spacial score (nSPS) is 11.3. The summed E-state index contributed by atoms with van der Waals surface area (Å²) in [7, 11) is 1.51. The van der Waals surface area contributed by atoms with Gasteiger partial charge in [-0.3, -0.25) is 19.2 Å². The number of methoxy groups -OCH3 is 1. The van der Waals surface area contributed by atoms with Gasteiger partial charge in [-0.1, -0.05) is 24.3 Å². The van der Waals surface area contributed by atoms with Crippen LogP contribution in [0.5, 0.6) is 5.75 Å². The summed E-state index contributed by atoms with van der Waals surface area (Å²) in [5, 5.41) is 2.47. The smallest absolute Gasteiger partial charge is 0.325 e. The number of anilines is 1. The van der Waals surface area contributed by atoms with E-state index >= 15 is 0 Å². The Kier molecular flexibility index (Phi) is 9.33. The van der Waals surface area contributed by atoms with Crippen LogP contribution in [0.15, 0.2) is 48.5 Å². The van der Waals surface area contributed by atoms with E-state index in [-0.39, 0.29) is 35.0 Å². The largest absolute Gasteiger partial charge is 0.497 e. The van der Waals surface area contributed by atoms with Gasteiger partial charge in [0.05, 0.1) is 19.4 Å². The molecule has 200 valence electrons. The third kappa shape index (κ3) is 6.62. The molecule has 3 rings (SSSR count). The van der Waals surface area contributed by atoms with Crippen molar-refractivity contribution in [2.75, 3.05) is 26.0 Å². The quantitative estimate of drug-likeness (QED) is 0.309. The molecule has 0 fully saturated rings. The number of benzene rings is 2. The lowest BCUT2D eigenvalue weighted by Gasteiger charge is -2.31. The van der Waals surface area contributed by atoms with Crippen molar-refractivity contribution in [2.45, 2.75) is 19.5 Å². The number of hydrogen-bond donors (Lipinski definition) is 3. The van der Waals surface area contributed by atoms with Crippen molar-refractivity contribution < 1.29 is 33.0 Å². The second-order valence-corrected chi connectivity index (χ2v) is 8.67. The highest BCUT2D eigenvalue weighted by molar-refractivity contribution is 7.09. The summed E-state index contributed by atoms with van der Waals surface area (Å²) in [6.45, 7) is 1.17. The van der Waals surface area contributed by atoms with Crippen molar-refractivity contribution in [3.8, 4) is 5.75 Å². The summed E-state index contributed by atoms with van der Waals surface area (Å²) in [5.41, 5.74) is 11.7. The highest BCUT2D eigenvalue weighted by Gasteiger charge is 2.35. The molecule has 0 saturated heterocycles. The molecule has 0 aliphatic rings. The van der Waals surface area contributed by atoms with Gasteiger partial charge in [0, 0.05) is 6.54 Å². The van der Waals surface area contributed by atoms with E-state index in [4.69, 9.17) is 20.9 Å². The molecular formula is C25H26FN5O6S.